The Morgan fingerprint density at radius 3 is 2.70 bits per heavy atom. The number of carboxylic acid groups (broad SMARTS) is 1. The monoisotopic (exact) mass is 276 g/mol. The summed E-state index contributed by atoms with van der Waals surface area (Å²) < 4.78 is 0. The van der Waals surface area contributed by atoms with E-state index in [2.05, 4.69) is 18.9 Å². The Morgan fingerprint density at radius 2 is 2.10 bits per heavy atom. The second-order valence-corrected chi connectivity index (χ2v) is 6.07. The zero-order valence-corrected chi connectivity index (χ0v) is 12.5. The van der Waals surface area contributed by atoms with E-state index >= 15 is 0 Å². The van der Waals surface area contributed by atoms with E-state index in [0.717, 1.165) is 17.2 Å². The Kier molecular flexibility index (Phi) is 4.21. The average Bonchev–Trinajstić information content (AvgIpc) is 2.40. The van der Waals surface area contributed by atoms with Crippen molar-refractivity contribution in [2.75, 3.05) is 17.7 Å². The normalized spacial score (nSPS) is 22.6. The maximum Gasteiger partial charge on any atom is 0.337 e. The van der Waals surface area contributed by atoms with Crippen LogP contribution in [0.3, 0.4) is 0 Å². The Labute approximate surface area is 120 Å². The molecular formula is C16H24N2O2. The van der Waals surface area contributed by atoms with Gasteiger partial charge in [0, 0.05) is 24.5 Å². The number of nitrogens with zero attached hydrogens (tertiary/aromatic N) is 1. The highest BCUT2D eigenvalue weighted by molar-refractivity contribution is 5.95. The smallest absolute Gasteiger partial charge is 0.337 e. The molecule has 4 heteroatoms. The molecule has 2 rings (SSSR count). The van der Waals surface area contributed by atoms with Crippen molar-refractivity contribution in [1.29, 1.82) is 0 Å². The van der Waals surface area contributed by atoms with Crippen molar-refractivity contribution in [2.24, 2.45) is 5.92 Å². The molecule has 2 atom stereocenters. The van der Waals surface area contributed by atoms with Gasteiger partial charge in [-0.05, 0) is 43.4 Å². The first kappa shape index (κ1) is 14.7. The Hall–Kier alpha value is -1.71. The molecule has 1 aromatic rings. The summed E-state index contributed by atoms with van der Waals surface area (Å²) >= 11 is 0. The quantitative estimate of drug-likeness (QED) is 0.831. The molecule has 1 fully saturated rings. The average molecular weight is 276 g/mol. The molecule has 4 nitrogen and oxygen atoms in total. The highest BCUT2D eigenvalue weighted by atomic mass is 16.4. The number of nitrogen functional groups attached to an aromatic ring is 1. The fraction of sp³-hybridized carbons (Fsp3) is 0.562. The number of carboxylic acids is 1. The van der Waals surface area contributed by atoms with Crippen molar-refractivity contribution in [3.8, 4) is 0 Å². The van der Waals surface area contributed by atoms with Crippen molar-refractivity contribution in [3.63, 3.8) is 0 Å². The largest absolute Gasteiger partial charge is 0.478 e. The minimum Gasteiger partial charge on any atom is -0.478 e. The van der Waals surface area contributed by atoms with E-state index in [1.165, 1.54) is 25.7 Å². The molecule has 1 aliphatic rings. The van der Waals surface area contributed by atoms with E-state index < -0.39 is 5.97 Å². The number of aryl methyl sites for hydroxylation is 1. The SMILES string of the molecule is Cc1cc(N(C)C2CCCC(C)C2)cc(C(=O)O)c1N. The van der Waals surface area contributed by atoms with E-state index in [1.807, 2.05) is 13.0 Å². The van der Waals surface area contributed by atoms with E-state index in [9.17, 15) is 9.90 Å². The molecule has 0 amide bonds. The Bertz CT molecular complexity index is 513. The van der Waals surface area contributed by atoms with Crippen LogP contribution in [0.2, 0.25) is 0 Å². The van der Waals surface area contributed by atoms with Gasteiger partial charge >= 0.3 is 5.97 Å². The predicted octanol–water partition coefficient (Wildman–Crippen LogP) is 3.29. The lowest BCUT2D eigenvalue weighted by Gasteiger charge is -2.36. The van der Waals surface area contributed by atoms with Crippen LogP contribution in [-0.4, -0.2) is 24.2 Å². The van der Waals surface area contributed by atoms with Gasteiger partial charge in [0.1, 0.15) is 0 Å². The molecule has 1 saturated carbocycles. The van der Waals surface area contributed by atoms with E-state index in [1.54, 1.807) is 6.07 Å². The minimum absolute atomic E-state index is 0.204. The summed E-state index contributed by atoms with van der Waals surface area (Å²) in [4.78, 5) is 13.5. The van der Waals surface area contributed by atoms with Crippen LogP contribution in [-0.2, 0) is 0 Å². The highest BCUT2D eigenvalue weighted by Gasteiger charge is 2.24. The molecule has 1 aliphatic carbocycles. The molecule has 0 bridgehead atoms. The van der Waals surface area contributed by atoms with E-state index in [4.69, 9.17) is 5.73 Å². The van der Waals surface area contributed by atoms with Gasteiger partial charge in [-0.1, -0.05) is 19.8 Å². The van der Waals surface area contributed by atoms with Crippen molar-refractivity contribution < 1.29 is 9.90 Å². The molecule has 0 radical (unpaired) electrons. The van der Waals surface area contributed by atoms with Gasteiger partial charge in [0.2, 0.25) is 0 Å². The fourth-order valence-electron chi connectivity index (χ4n) is 3.12. The van der Waals surface area contributed by atoms with Gasteiger partial charge in [0.05, 0.1) is 5.56 Å². The maximum atomic E-state index is 11.3. The maximum absolute atomic E-state index is 11.3. The Morgan fingerprint density at radius 1 is 1.40 bits per heavy atom. The molecule has 0 aliphatic heterocycles. The van der Waals surface area contributed by atoms with Crippen molar-refractivity contribution in [3.05, 3.63) is 23.3 Å². The molecule has 0 heterocycles. The van der Waals surface area contributed by atoms with Crippen LogP contribution < -0.4 is 10.6 Å². The van der Waals surface area contributed by atoms with Gasteiger partial charge in [0.25, 0.3) is 0 Å². The van der Waals surface area contributed by atoms with Crippen LogP contribution in [0.15, 0.2) is 12.1 Å². The fourth-order valence-corrected chi connectivity index (χ4v) is 3.12. The topological polar surface area (TPSA) is 66.6 Å². The summed E-state index contributed by atoms with van der Waals surface area (Å²) in [7, 11) is 2.05. The molecule has 0 spiro atoms. The number of carbonyl (C=O) groups is 1. The number of anilines is 2. The lowest BCUT2D eigenvalue weighted by atomic mass is 9.86. The third-order valence-electron chi connectivity index (χ3n) is 4.47. The first-order valence-corrected chi connectivity index (χ1v) is 7.26. The second-order valence-electron chi connectivity index (χ2n) is 6.07. The number of hydrogen-bond donors (Lipinski definition) is 2. The third kappa shape index (κ3) is 2.89. The van der Waals surface area contributed by atoms with Crippen molar-refractivity contribution in [1.82, 2.24) is 0 Å². The minimum atomic E-state index is -0.960. The van der Waals surface area contributed by atoms with Crippen LogP contribution in [0.5, 0.6) is 0 Å². The van der Waals surface area contributed by atoms with Gasteiger partial charge in [-0.15, -0.1) is 0 Å². The number of nitrogens with two attached hydrogens (primary N) is 1. The summed E-state index contributed by atoms with van der Waals surface area (Å²) in [5, 5.41) is 9.25. The number of hydrogen-bond acceptors (Lipinski definition) is 3. The van der Waals surface area contributed by atoms with Crippen LogP contribution >= 0.6 is 0 Å². The number of benzene rings is 1. The summed E-state index contributed by atoms with van der Waals surface area (Å²) in [6.07, 6.45) is 4.89. The van der Waals surface area contributed by atoms with Crippen molar-refractivity contribution >= 4 is 17.3 Å². The number of rotatable bonds is 3. The van der Waals surface area contributed by atoms with Crippen LogP contribution in [0.1, 0.15) is 48.5 Å². The lowest BCUT2D eigenvalue weighted by Crippen LogP contribution is -2.35. The summed E-state index contributed by atoms with van der Waals surface area (Å²) in [5.41, 5.74) is 8.21. The third-order valence-corrected chi connectivity index (χ3v) is 4.47. The van der Waals surface area contributed by atoms with Crippen LogP contribution in [0, 0.1) is 12.8 Å². The second kappa shape index (κ2) is 5.73. The predicted molar refractivity (Wildman–Crippen MR) is 82.4 cm³/mol. The molecule has 110 valence electrons. The Balaban J connectivity index is 2.30. The molecule has 1 aromatic carbocycles. The van der Waals surface area contributed by atoms with Crippen LogP contribution in [0.25, 0.3) is 0 Å². The molecule has 20 heavy (non-hydrogen) atoms. The first-order valence-electron chi connectivity index (χ1n) is 7.26. The van der Waals surface area contributed by atoms with Crippen molar-refractivity contribution in [2.45, 2.75) is 45.6 Å². The summed E-state index contributed by atoms with van der Waals surface area (Å²) in [6.45, 7) is 4.15. The summed E-state index contributed by atoms with van der Waals surface area (Å²) in [6, 6.07) is 4.17. The van der Waals surface area contributed by atoms with Gasteiger partial charge in [-0.25, -0.2) is 4.79 Å². The van der Waals surface area contributed by atoms with Gasteiger partial charge in [0.15, 0.2) is 0 Å². The standard InChI is InChI=1S/C16H24N2O2/c1-10-5-4-6-12(7-10)18(3)13-8-11(2)15(17)14(9-13)16(19)20/h8-10,12H,4-7,17H2,1-3H3,(H,19,20). The van der Waals surface area contributed by atoms with E-state index in [-0.39, 0.29) is 5.56 Å². The molecule has 0 aromatic heterocycles. The molecule has 2 unspecified atom stereocenters. The highest BCUT2D eigenvalue weighted by Crippen LogP contribution is 2.32. The zero-order valence-electron chi connectivity index (χ0n) is 12.5. The number of aromatic carboxylic acids is 1. The molecule has 3 N–H and O–H groups in total. The zero-order chi connectivity index (χ0) is 14.9. The van der Waals surface area contributed by atoms with Gasteiger partial charge in [-0.2, -0.15) is 0 Å². The van der Waals surface area contributed by atoms with Gasteiger partial charge < -0.3 is 15.7 Å². The summed E-state index contributed by atoms with van der Waals surface area (Å²) in [5.74, 6) is -0.220. The van der Waals surface area contributed by atoms with Gasteiger partial charge in [-0.3, -0.25) is 0 Å². The molecule has 0 saturated heterocycles. The first-order chi connectivity index (χ1) is 9.40. The van der Waals surface area contributed by atoms with Crippen LogP contribution in [0.4, 0.5) is 11.4 Å². The molecular weight excluding hydrogens is 252 g/mol. The lowest BCUT2D eigenvalue weighted by molar-refractivity contribution is 0.0698. The van der Waals surface area contributed by atoms with E-state index in [0.29, 0.717) is 11.7 Å².